The maximum absolute atomic E-state index is 12.3. The first-order chi connectivity index (χ1) is 13.6. The average molecular weight is 410 g/mol. The van der Waals surface area contributed by atoms with Crippen LogP contribution >= 0.6 is 23.2 Å². The Kier molecular flexibility index (Phi) is 5.33. The van der Waals surface area contributed by atoms with Crippen molar-refractivity contribution in [2.75, 3.05) is 0 Å². The summed E-state index contributed by atoms with van der Waals surface area (Å²) in [5, 5.41) is 7.32. The van der Waals surface area contributed by atoms with Gasteiger partial charge in [-0.2, -0.15) is 5.10 Å². The smallest absolute Gasteiger partial charge is 0.241 e. The third kappa shape index (κ3) is 3.61. The van der Waals surface area contributed by atoms with Crippen LogP contribution in [0.4, 0.5) is 0 Å². The van der Waals surface area contributed by atoms with E-state index in [0.717, 1.165) is 11.0 Å². The lowest BCUT2D eigenvalue weighted by molar-refractivity contribution is -0.121. The largest absolute Gasteiger partial charge is 0.340 e. The zero-order valence-electron chi connectivity index (χ0n) is 14.9. The van der Waals surface area contributed by atoms with Gasteiger partial charge in [0.1, 0.15) is 0 Å². The highest BCUT2D eigenvalue weighted by Crippen LogP contribution is 2.28. The molecule has 0 spiro atoms. The van der Waals surface area contributed by atoms with Crippen LogP contribution in [0.15, 0.2) is 71.8 Å². The summed E-state index contributed by atoms with van der Waals surface area (Å²) in [4.78, 5) is 12.3. The Morgan fingerprint density at radius 3 is 2.07 bits per heavy atom. The number of rotatable bonds is 5. The second-order valence-electron chi connectivity index (χ2n) is 6.36. The quantitative estimate of drug-likeness (QED) is 0.336. The number of benzene rings is 3. The third-order valence-electron chi connectivity index (χ3n) is 4.62. The summed E-state index contributed by atoms with van der Waals surface area (Å²) in [6.45, 7) is 0.558. The molecule has 3 aromatic carbocycles. The summed E-state index contributed by atoms with van der Waals surface area (Å²) >= 11 is 12.2. The van der Waals surface area contributed by atoms with Gasteiger partial charge >= 0.3 is 0 Å². The van der Waals surface area contributed by atoms with E-state index < -0.39 is 0 Å². The van der Waals surface area contributed by atoms with Crippen LogP contribution in [0.1, 0.15) is 12.0 Å². The summed E-state index contributed by atoms with van der Waals surface area (Å²) in [5.74, 6) is -0.179. The number of fused-ring (bicyclic) bond motifs is 3. The highest BCUT2D eigenvalue weighted by atomic mass is 35.5. The number of hydrogen-bond donors (Lipinski definition) is 1. The summed E-state index contributed by atoms with van der Waals surface area (Å²) in [5.41, 5.74) is 5.35. The number of halogens is 2. The molecule has 0 aliphatic heterocycles. The lowest BCUT2D eigenvalue weighted by atomic mass is 10.2. The zero-order chi connectivity index (χ0) is 19.5. The predicted octanol–water partition coefficient (Wildman–Crippen LogP) is 5.64. The fourth-order valence-corrected chi connectivity index (χ4v) is 3.81. The van der Waals surface area contributed by atoms with E-state index in [-0.39, 0.29) is 5.91 Å². The maximum atomic E-state index is 12.3. The van der Waals surface area contributed by atoms with E-state index in [1.54, 1.807) is 18.2 Å². The van der Waals surface area contributed by atoms with E-state index in [2.05, 4.69) is 39.4 Å². The summed E-state index contributed by atoms with van der Waals surface area (Å²) in [7, 11) is 0. The van der Waals surface area contributed by atoms with Crippen molar-refractivity contribution in [3.05, 3.63) is 82.3 Å². The van der Waals surface area contributed by atoms with E-state index in [0.29, 0.717) is 28.6 Å². The molecule has 0 radical (unpaired) electrons. The van der Waals surface area contributed by atoms with Gasteiger partial charge in [-0.05, 0) is 24.3 Å². The molecular formula is C22H17Cl2N3O. The molecule has 1 amide bonds. The summed E-state index contributed by atoms with van der Waals surface area (Å²) in [6.07, 6.45) is 1.76. The van der Waals surface area contributed by atoms with Gasteiger partial charge in [0, 0.05) is 40.3 Å². The number of aromatic nitrogens is 1. The van der Waals surface area contributed by atoms with Crippen LogP contribution in [0.2, 0.25) is 10.0 Å². The molecule has 140 valence electrons. The number of para-hydroxylation sites is 2. The monoisotopic (exact) mass is 409 g/mol. The van der Waals surface area contributed by atoms with Crippen LogP contribution in [0.5, 0.6) is 0 Å². The third-order valence-corrected chi connectivity index (χ3v) is 5.28. The number of amides is 1. The van der Waals surface area contributed by atoms with Crippen molar-refractivity contribution < 1.29 is 4.79 Å². The molecular weight excluding hydrogens is 393 g/mol. The van der Waals surface area contributed by atoms with Gasteiger partial charge in [0.15, 0.2) is 0 Å². The molecule has 0 saturated heterocycles. The molecule has 0 fully saturated rings. The van der Waals surface area contributed by atoms with Gasteiger partial charge in [-0.3, -0.25) is 4.79 Å². The Morgan fingerprint density at radius 1 is 0.893 bits per heavy atom. The number of hydrogen-bond acceptors (Lipinski definition) is 2. The van der Waals surface area contributed by atoms with Crippen LogP contribution in [0.25, 0.3) is 21.8 Å². The first-order valence-corrected chi connectivity index (χ1v) is 9.62. The molecule has 0 aliphatic carbocycles. The predicted molar refractivity (Wildman–Crippen MR) is 116 cm³/mol. The molecule has 0 atom stereocenters. The lowest BCUT2D eigenvalue weighted by Gasteiger charge is -2.07. The second-order valence-corrected chi connectivity index (χ2v) is 7.18. The van der Waals surface area contributed by atoms with Crippen molar-refractivity contribution in [1.29, 1.82) is 0 Å². The highest BCUT2D eigenvalue weighted by molar-refractivity contribution is 6.38. The molecule has 0 saturated carbocycles. The van der Waals surface area contributed by atoms with Crippen molar-refractivity contribution in [2.24, 2.45) is 5.10 Å². The van der Waals surface area contributed by atoms with E-state index >= 15 is 0 Å². The van der Waals surface area contributed by atoms with Crippen LogP contribution in [0.3, 0.4) is 0 Å². The first-order valence-electron chi connectivity index (χ1n) is 8.87. The van der Waals surface area contributed by atoms with Gasteiger partial charge in [-0.25, -0.2) is 5.43 Å². The standard InChI is InChI=1S/C22H17Cl2N3O/c23-18-8-5-9-19(24)17(18)14-25-26-22(28)12-13-27-20-10-3-1-6-15(20)16-7-2-4-11-21(16)27/h1-11,14H,12-13H2,(H,26,28)/b25-14-. The van der Waals surface area contributed by atoms with Crippen LogP contribution in [-0.2, 0) is 11.3 Å². The Labute approximate surface area is 172 Å². The fraction of sp³-hybridized carbons (Fsp3) is 0.0909. The molecule has 28 heavy (non-hydrogen) atoms. The van der Waals surface area contributed by atoms with E-state index in [1.165, 1.54) is 17.0 Å². The molecule has 4 aromatic rings. The summed E-state index contributed by atoms with van der Waals surface area (Å²) in [6, 6.07) is 21.6. The minimum absolute atomic E-state index is 0.179. The summed E-state index contributed by atoms with van der Waals surface area (Å²) < 4.78 is 2.17. The van der Waals surface area contributed by atoms with Gasteiger partial charge in [0.2, 0.25) is 5.91 Å². The molecule has 1 heterocycles. The Morgan fingerprint density at radius 2 is 1.46 bits per heavy atom. The molecule has 4 nitrogen and oxygen atoms in total. The number of nitrogens with zero attached hydrogens (tertiary/aromatic N) is 2. The molecule has 1 N–H and O–H groups in total. The van der Waals surface area contributed by atoms with Gasteiger partial charge in [0.05, 0.1) is 16.3 Å². The van der Waals surface area contributed by atoms with E-state index in [9.17, 15) is 4.79 Å². The van der Waals surface area contributed by atoms with Crippen molar-refractivity contribution >= 4 is 57.1 Å². The average Bonchev–Trinajstić information content (AvgIpc) is 3.02. The van der Waals surface area contributed by atoms with E-state index in [1.807, 2.05) is 24.3 Å². The minimum Gasteiger partial charge on any atom is -0.340 e. The Hall–Kier alpha value is -2.82. The molecule has 4 rings (SSSR count). The van der Waals surface area contributed by atoms with Crippen molar-refractivity contribution in [3.63, 3.8) is 0 Å². The highest BCUT2D eigenvalue weighted by Gasteiger charge is 2.10. The molecule has 6 heteroatoms. The Bertz CT molecular complexity index is 1120. The maximum Gasteiger partial charge on any atom is 0.241 e. The van der Waals surface area contributed by atoms with Gasteiger partial charge in [-0.15, -0.1) is 0 Å². The molecule has 1 aromatic heterocycles. The second kappa shape index (κ2) is 8.05. The van der Waals surface area contributed by atoms with Crippen LogP contribution in [0, 0.1) is 0 Å². The minimum atomic E-state index is -0.179. The van der Waals surface area contributed by atoms with Crippen molar-refractivity contribution in [2.45, 2.75) is 13.0 Å². The zero-order valence-corrected chi connectivity index (χ0v) is 16.4. The van der Waals surface area contributed by atoms with Crippen LogP contribution in [-0.4, -0.2) is 16.7 Å². The first kappa shape index (κ1) is 18.5. The van der Waals surface area contributed by atoms with Crippen LogP contribution < -0.4 is 5.43 Å². The number of carbonyl (C=O) groups is 1. The normalized spacial score (nSPS) is 11.5. The topological polar surface area (TPSA) is 46.4 Å². The SMILES string of the molecule is O=C(CCn1c2ccccc2c2ccccc21)N/N=C\c1c(Cl)cccc1Cl. The molecule has 0 aliphatic rings. The van der Waals surface area contributed by atoms with Gasteiger partial charge in [-0.1, -0.05) is 65.7 Å². The van der Waals surface area contributed by atoms with Crippen molar-refractivity contribution in [3.8, 4) is 0 Å². The number of nitrogens with one attached hydrogen (secondary N) is 1. The Balaban J connectivity index is 1.49. The number of hydrazone groups is 1. The van der Waals surface area contributed by atoms with E-state index in [4.69, 9.17) is 23.2 Å². The van der Waals surface area contributed by atoms with Gasteiger partial charge < -0.3 is 4.57 Å². The fourth-order valence-electron chi connectivity index (χ4n) is 3.32. The van der Waals surface area contributed by atoms with Gasteiger partial charge in [0.25, 0.3) is 0 Å². The lowest BCUT2D eigenvalue weighted by Crippen LogP contribution is -2.19. The molecule has 0 unspecified atom stereocenters. The molecule has 0 bridgehead atoms. The van der Waals surface area contributed by atoms with Crippen molar-refractivity contribution in [1.82, 2.24) is 9.99 Å². The number of carbonyl (C=O) groups excluding carboxylic acids is 1. The number of aryl methyl sites for hydroxylation is 1.